The number of carbonyl (C=O) groups is 1. The molecule has 0 radical (unpaired) electrons. The molecular formula is C14H17NO2. The molecule has 1 atom stereocenters. The third-order valence-corrected chi connectivity index (χ3v) is 3.21. The molecule has 0 heterocycles. The van der Waals surface area contributed by atoms with E-state index >= 15 is 0 Å². The fourth-order valence-electron chi connectivity index (χ4n) is 2.06. The Morgan fingerprint density at radius 1 is 1.41 bits per heavy atom. The fraction of sp³-hybridized carbons (Fsp3) is 0.429. The van der Waals surface area contributed by atoms with Crippen molar-refractivity contribution in [3.63, 3.8) is 0 Å². The number of carboxylic acid groups (broad SMARTS) is 1. The van der Waals surface area contributed by atoms with E-state index in [1.165, 1.54) is 0 Å². The van der Waals surface area contributed by atoms with Crippen molar-refractivity contribution in [3.8, 4) is 6.07 Å². The van der Waals surface area contributed by atoms with Crippen molar-refractivity contribution in [1.29, 1.82) is 5.26 Å². The van der Waals surface area contributed by atoms with Crippen LogP contribution in [0.15, 0.2) is 30.3 Å². The highest BCUT2D eigenvalue weighted by molar-refractivity contribution is 5.67. The molecule has 1 rings (SSSR count). The van der Waals surface area contributed by atoms with E-state index in [0.717, 1.165) is 5.56 Å². The van der Waals surface area contributed by atoms with Crippen LogP contribution in [-0.4, -0.2) is 11.1 Å². The van der Waals surface area contributed by atoms with Gasteiger partial charge in [-0.25, -0.2) is 0 Å². The topological polar surface area (TPSA) is 61.1 Å². The molecule has 1 aromatic rings. The van der Waals surface area contributed by atoms with Crippen LogP contribution in [0, 0.1) is 17.2 Å². The zero-order chi connectivity index (χ0) is 12.9. The van der Waals surface area contributed by atoms with E-state index in [2.05, 4.69) is 6.07 Å². The van der Waals surface area contributed by atoms with E-state index in [0.29, 0.717) is 6.42 Å². The molecule has 0 bridgehead atoms. The van der Waals surface area contributed by atoms with Crippen LogP contribution < -0.4 is 0 Å². The van der Waals surface area contributed by atoms with Crippen LogP contribution in [0.3, 0.4) is 0 Å². The molecule has 1 unspecified atom stereocenters. The predicted octanol–water partition coefficient (Wildman–Crippen LogP) is 2.97. The van der Waals surface area contributed by atoms with Gasteiger partial charge in [0.15, 0.2) is 0 Å². The van der Waals surface area contributed by atoms with E-state index in [4.69, 9.17) is 5.11 Å². The van der Waals surface area contributed by atoms with Crippen LogP contribution >= 0.6 is 0 Å². The van der Waals surface area contributed by atoms with Crippen LogP contribution in [0.4, 0.5) is 0 Å². The maximum atomic E-state index is 10.7. The van der Waals surface area contributed by atoms with Crippen LogP contribution in [0.5, 0.6) is 0 Å². The second kappa shape index (κ2) is 5.49. The predicted molar refractivity (Wildman–Crippen MR) is 65.4 cm³/mol. The summed E-state index contributed by atoms with van der Waals surface area (Å²) in [5.41, 5.74) is 0.193. The molecule has 90 valence electrons. The molecule has 1 N–H and O–H groups in total. The standard InChI is InChI=1S/C14H17NO2/c1-11(2)14(10-15,9-8-13(16)17)12-6-4-3-5-7-12/h3-7,11H,8-9H2,1-2H3,(H,16,17). The van der Waals surface area contributed by atoms with Crippen molar-refractivity contribution in [2.75, 3.05) is 0 Å². The van der Waals surface area contributed by atoms with Crippen molar-refractivity contribution in [2.45, 2.75) is 32.1 Å². The van der Waals surface area contributed by atoms with Gasteiger partial charge >= 0.3 is 5.97 Å². The van der Waals surface area contributed by atoms with E-state index in [-0.39, 0.29) is 12.3 Å². The lowest BCUT2D eigenvalue weighted by molar-refractivity contribution is -0.137. The van der Waals surface area contributed by atoms with E-state index < -0.39 is 11.4 Å². The quantitative estimate of drug-likeness (QED) is 0.847. The van der Waals surface area contributed by atoms with Gasteiger partial charge in [0.25, 0.3) is 0 Å². The molecule has 0 aliphatic heterocycles. The first-order valence-electron chi connectivity index (χ1n) is 5.71. The number of nitriles is 1. The third-order valence-electron chi connectivity index (χ3n) is 3.21. The van der Waals surface area contributed by atoms with Gasteiger partial charge in [0.05, 0.1) is 11.5 Å². The van der Waals surface area contributed by atoms with E-state index in [1.54, 1.807) is 0 Å². The normalized spacial score (nSPS) is 14.0. The molecule has 0 aliphatic rings. The second-order valence-electron chi connectivity index (χ2n) is 4.50. The van der Waals surface area contributed by atoms with Gasteiger partial charge in [-0.05, 0) is 17.9 Å². The van der Waals surface area contributed by atoms with Crippen LogP contribution in [0.2, 0.25) is 0 Å². The number of aliphatic carboxylic acids is 1. The first-order valence-corrected chi connectivity index (χ1v) is 5.71. The smallest absolute Gasteiger partial charge is 0.303 e. The maximum Gasteiger partial charge on any atom is 0.303 e. The Labute approximate surface area is 102 Å². The second-order valence-corrected chi connectivity index (χ2v) is 4.50. The van der Waals surface area contributed by atoms with Gasteiger partial charge in [-0.3, -0.25) is 4.79 Å². The van der Waals surface area contributed by atoms with Gasteiger partial charge in [-0.2, -0.15) is 5.26 Å². The number of rotatable bonds is 5. The molecule has 0 aromatic heterocycles. The Bertz CT molecular complexity index is 420. The lowest BCUT2D eigenvalue weighted by Gasteiger charge is -2.30. The molecule has 0 spiro atoms. The highest BCUT2D eigenvalue weighted by Crippen LogP contribution is 2.36. The summed E-state index contributed by atoms with van der Waals surface area (Å²) in [6.45, 7) is 3.91. The van der Waals surface area contributed by atoms with Crippen LogP contribution in [-0.2, 0) is 10.2 Å². The summed E-state index contributed by atoms with van der Waals surface area (Å²) < 4.78 is 0. The molecule has 3 nitrogen and oxygen atoms in total. The Hall–Kier alpha value is -1.82. The molecule has 0 saturated heterocycles. The Balaban J connectivity index is 3.10. The van der Waals surface area contributed by atoms with E-state index in [1.807, 2.05) is 44.2 Å². The average Bonchev–Trinajstić information content (AvgIpc) is 2.31. The highest BCUT2D eigenvalue weighted by atomic mass is 16.4. The summed E-state index contributed by atoms with van der Waals surface area (Å²) in [4.78, 5) is 10.7. The van der Waals surface area contributed by atoms with Crippen molar-refractivity contribution in [3.05, 3.63) is 35.9 Å². The summed E-state index contributed by atoms with van der Waals surface area (Å²) in [7, 11) is 0. The SMILES string of the molecule is CC(C)C(C#N)(CCC(=O)O)c1ccccc1. The lowest BCUT2D eigenvalue weighted by atomic mass is 9.70. The fourth-order valence-corrected chi connectivity index (χ4v) is 2.06. The lowest BCUT2D eigenvalue weighted by Crippen LogP contribution is -2.31. The Kier molecular flexibility index (Phi) is 4.28. The monoisotopic (exact) mass is 231 g/mol. The number of benzene rings is 1. The number of hydrogen-bond donors (Lipinski definition) is 1. The van der Waals surface area contributed by atoms with Crippen molar-refractivity contribution < 1.29 is 9.90 Å². The average molecular weight is 231 g/mol. The first kappa shape index (κ1) is 13.2. The minimum Gasteiger partial charge on any atom is -0.481 e. The number of carboxylic acids is 1. The molecule has 17 heavy (non-hydrogen) atoms. The summed E-state index contributed by atoms with van der Waals surface area (Å²) in [5, 5.41) is 18.3. The van der Waals surface area contributed by atoms with Gasteiger partial charge in [0.1, 0.15) is 0 Å². The largest absolute Gasteiger partial charge is 0.481 e. The van der Waals surface area contributed by atoms with Gasteiger partial charge in [-0.15, -0.1) is 0 Å². The van der Waals surface area contributed by atoms with E-state index in [9.17, 15) is 10.1 Å². The molecule has 1 aromatic carbocycles. The zero-order valence-corrected chi connectivity index (χ0v) is 10.2. The van der Waals surface area contributed by atoms with Gasteiger partial charge < -0.3 is 5.11 Å². The minimum atomic E-state index is -0.860. The minimum absolute atomic E-state index is 0.0145. The summed E-state index contributed by atoms with van der Waals surface area (Å²) >= 11 is 0. The Morgan fingerprint density at radius 2 is 2.00 bits per heavy atom. The van der Waals surface area contributed by atoms with Crippen molar-refractivity contribution in [1.82, 2.24) is 0 Å². The zero-order valence-electron chi connectivity index (χ0n) is 10.2. The van der Waals surface area contributed by atoms with Crippen LogP contribution in [0.1, 0.15) is 32.3 Å². The maximum absolute atomic E-state index is 10.7. The van der Waals surface area contributed by atoms with Crippen LogP contribution in [0.25, 0.3) is 0 Å². The van der Waals surface area contributed by atoms with Crippen molar-refractivity contribution >= 4 is 5.97 Å². The highest BCUT2D eigenvalue weighted by Gasteiger charge is 2.36. The summed E-state index contributed by atoms with van der Waals surface area (Å²) in [6.07, 6.45) is 0.362. The Morgan fingerprint density at radius 3 is 2.41 bits per heavy atom. The molecule has 0 aliphatic carbocycles. The summed E-state index contributed by atoms with van der Waals surface area (Å²) in [6, 6.07) is 11.8. The molecular weight excluding hydrogens is 214 g/mol. The van der Waals surface area contributed by atoms with Gasteiger partial charge in [0, 0.05) is 6.42 Å². The molecule has 0 amide bonds. The third kappa shape index (κ3) is 2.85. The van der Waals surface area contributed by atoms with Crippen molar-refractivity contribution in [2.24, 2.45) is 5.92 Å². The van der Waals surface area contributed by atoms with Gasteiger partial charge in [0.2, 0.25) is 0 Å². The number of nitrogens with zero attached hydrogens (tertiary/aromatic N) is 1. The van der Waals surface area contributed by atoms with Gasteiger partial charge in [-0.1, -0.05) is 44.2 Å². The summed E-state index contributed by atoms with van der Waals surface area (Å²) in [5.74, 6) is -0.782. The molecule has 0 fully saturated rings. The first-order chi connectivity index (χ1) is 8.03. The molecule has 3 heteroatoms. The molecule has 0 saturated carbocycles. The number of hydrogen-bond acceptors (Lipinski definition) is 2.